The van der Waals surface area contributed by atoms with Crippen molar-refractivity contribution >= 4 is 93.4 Å². The van der Waals surface area contributed by atoms with Crippen molar-refractivity contribution in [1.29, 1.82) is 0 Å². The van der Waals surface area contributed by atoms with Crippen molar-refractivity contribution in [1.82, 2.24) is 0 Å². The van der Waals surface area contributed by atoms with Crippen LogP contribution in [0.15, 0.2) is 12.7 Å². The molecule has 21 unspecified atom stereocenters. The minimum atomic E-state index is -0.931. The van der Waals surface area contributed by atoms with Gasteiger partial charge in [-0.25, -0.2) is 0 Å². The Kier molecular flexibility index (Phi) is 35.0. The lowest BCUT2D eigenvalue weighted by molar-refractivity contribution is -0.161. The minimum absolute atomic E-state index is 0.00624. The van der Waals surface area contributed by atoms with E-state index in [4.69, 9.17) is 77.9 Å². The molecule has 22 atom stereocenters. The predicted molar refractivity (Wildman–Crippen MR) is 275 cm³/mol. The normalized spacial score (nSPS) is 38.0. The lowest BCUT2D eigenvalue weighted by Gasteiger charge is -2.30. The number of aliphatic hydroxyl groups is 7. The van der Waals surface area contributed by atoms with Gasteiger partial charge in [-0.15, -0.1) is 6.58 Å². The van der Waals surface area contributed by atoms with E-state index in [0.717, 1.165) is 0 Å². The maximum Gasteiger partial charge on any atom is 0.314 e. The van der Waals surface area contributed by atoms with Crippen LogP contribution in [-0.2, 0) is 64.8 Å². The summed E-state index contributed by atoms with van der Waals surface area (Å²) in [5.41, 5.74) is -3.53. The quantitative estimate of drug-likeness (QED) is 0.0355. The summed E-state index contributed by atoms with van der Waals surface area (Å²) in [6.07, 6.45) is -2.14. The number of hydrogen-bond acceptors (Lipinski definition) is 21. The van der Waals surface area contributed by atoms with E-state index in [2.05, 4.69) is 44.4 Å². The van der Waals surface area contributed by atoms with E-state index >= 15 is 0 Å². The van der Waals surface area contributed by atoms with Crippen molar-refractivity contribution in [2.24, 2.45) is 27.1 Å². The molecule has 4 fully saturated rings. The molecular weight excluding hydrogens is 1070 g/mol. The van der Waals surface area contributed by atoms with Gasteiger partial charge in [-0.1, -0.05) is 40.7 Å². The predicted octanol–water partition coefficient (Wildman–Crippen LogP) is 2.93. The first kappa shape index (κ1) is 70.9. The van der Waals surface area contributed by atoms with Crippen molar-refractivity contribution in [3.8, 4) is 0 Å². The van der Waals surface area contributed by atoms with Crippen LogP contribution >= 0.6 is 71.7 Å². The van der Waals surface area contributed by atoms with E-state index in [1.54, 1.807) is 33.8 Å². The molecule has 21 nitrogen and oxygen atoms in total. The number of aliphatic hydroxyl groups excluding tert-OH is 7. The van der Waals surface area contributed by atoms with Gasteiger partial charge in [0.25, 0.3) is 0 Å². The fourth-order valence-corrected chi connectivity index (χ4v) is 11.9. The molecule has 7 N–H and O–H groups in total. The molecule has 0 aromatic carbocycles. The van der Waals surface area contributed by atoms with Crippen LogP contribution in [0.2, 0.25) is 0 Å². The SMILES string of the molecule is C=CCC(C)(C(=O)OCC)[C@H](O)CC.CC1(CP=O)C(CP=O)OC(OP)C1OP.CC1(CP=O)C(CP=O)OC(OP)C1OP.[B]C1OC(CO)C(C)(CO)C1O.[B]C1OC(CO)C(C)(CO)C1O. The maximum atomic E-state index is 11.6. The minimum Gasteiger partial charge on any atom is -0.465 e. The van der Waals surface area contributed by atoms with E-state index in [1.165, 1.54) is 0 Å². The zero-order chi connectivity index (χ0) is 54.3. The molecule has 0 bridgehead atoms. The van der Waals surface area contributed by atoms with E-state index in [9.17, 15) is 38.4 Å². The Morgan fingerprint density at radius 1 is 0.686 bits per heavy atom. The molecule has 0 aromatic heterocycles. The lowest BCUT2D eigenvalue weighted by atomic mass is 9.76. The van der Waals surface area contributed by atoms with E-state index in [0.29, 0.717) is 44.1 Å². The fourth-order valence-electron chi connectivity index (χ4n) is 7.98. The number of carbonyl (C=O) groups excluding carboxylic acids is 1. The largest absolute Gasteiger partial charge is 0.465 e. The molecule has 0 aliphatic carbocycles. The molecule has 4 rings (SSSR count). The second-order valence-corrected chi connectivity index (χ2v) is 21.4. The highest BCUT2D eigenvalue weighted by Gasteiger charge is 2.56. The van der Waals surface area contributed by atoms with E-state index < -0.39 is 82.2 Å². The molecule has 4 aliphatic rings. The highest BCUT2D eigenvalue weighted by atomic mass is 31.1. The number of ether oxygens (including phenoxy) is 5. The Bertz CT molecular complexity index is 1490. The van der Waals surface area contributed by atoms with Crippen LogP contribution in [0.4, 0.5) is 0 Å². The lowest BCUT2D eigenvalue weighted by Crippen LogP contribution is -2.43. The van der Waals surface area contributed by atoms with Gasteiger partial charge in [0, 0.05) is 83.9 Å². The number of esters is 1. The fraction of sp³-hybridized carbons (Fsp3) is 0.923. The Hall–Kier alpha value is 0.860. The van der Waals surface area contributed by atoms with Crippen LogP contribution in [0.25, 0.3) is 0 Å². The van der Waals surface area contributed by atoms with Gasteiger partial charge in [-0.3, -0.25) is 23.1 Å². The summed E-state index contributed by atoms with van der Waals surface area (Å²) in [7, 11) is 19.4. The Labute approximate surface area is 430 Å². The summed E-state index contributed by atoms with van der Waals surface area (Å²) >= 11 is 0. The molecule has 31 heteroatoms. The molecule has 4 saturated heterocycles. The Morgan fingerprint density at radius 2 is 1.06 bits per heavy atom. The van der Waals surface area contributed by atoms with E-state index in [1.807, 2.05) is 20.8 Å². The smallest absolute Gasteiger partial charge is 0.314 e. The molecule has 0 aromatic rings. The summed E-state index contributed by atoms with van der Waals surface area (Å²) in [6.45, 7) is 15.3. The highest BCUT2D eigenvalue weighted by Crippen LogP contribution is 2.47. The summed E-state index contributed by atoms with van der Waals surface area (Å²) in [5.74, 6) is -0.353. The first-order valence-electron chi connectivity index (χ1n) is 21.9. The van der Waals surface area contributed by atoms with Crippen LogP contribution in [0.1, 0.15) is 61.3 Å². The molecule has 70 heavy (non-hydrogen) atoms. The summed E-state index contributed by atoms with van der Waals surface area (Å²) < 4.78 is 89.9. The van der Waals surface area contributed by atoms with Gasteiger partial charge in [-0.05, 0) is 26.7 Å². The van der Waals surface area contributed by atoms with Crippen LogP contribution in [0.3, 0.4) is 0 Å². The number of allylic oxidation sites excluding steroid dienone is 1. The van der Waals surface area contributed by atoms with Crippen molar-refractivity contribution in [3.05, 3.63) is 12.7 Å². The molecular formula is C39H74B2O21P8. The van der Waals surface area contributed by atoms with Gasteiger partial charge < -0.3 is 77.5 Å². The molecule has 0 amide bonds. The average molecular weight is 1150 g/mol. The highest BCUT2D eigenvalue weighted by molar-refractivity contribution is 7.24. The molecule has 4 radical (unpaired) electrons. The number of carbonyl (C=O) groups is 1. The number of hydrogen-bond donors (Lipinski definition) is 7. The van der Waals surface area contributed by atoms with Crippen molar-refractivity contribution in [2.75, 3.05) is 57.7 Å². The third-order valence-electron chi connectivity index (χ3n) is 13.2. The van der Waals surface area contributed by atoms with Gasteiger partial charge in [0.1, 0.15) is 27.9 Å². The third kappa shape index (κ3) is 17.7. The van der Waals surface area contributed by atoms with Gasteiger partial charge in [0.2, 0.25) is 0 Å². The topological polar surface area (TPSA) is 310 Å². The maximum absolute atomic E-state index is 11.6. The third-order valence-corrected chi connectivity index (χ3v) is 17.0. The van der Waals surface area contributed by atoms with Gasteiger partial charge >= 0.3 is 5.97 Å². The van der Waals surface area contributed by atoms with Gasteiger partial charge in [0.15, 0.2) is 46.4 Å². The van der Waals surface area contributed by atoms with Gasteiger partial charge in [0.05, 0.1) is 93.5 Å². The molecule has 4 aliphatic heterocycles. The van der Waals surface area contributed by atoms with Crippen LogP contribution in [0.5, 0.6) is 0 Å². The second-order valence-electron chi connectivity index (χ2n) is 17.9. The van der Waals surface area contributed by atoms with Crippen molar-refractivity contribution in [3.63, 3.8) is 0 Å². The van der Waals surface area contributed by atoms with Crippen molar-refractivity contribution < 1.29 is 101 Å². The average Bonchev–Trinajstić information content (AvgIpc) is 3.95. The van der Waals surface area contributed by atoms with Crippen LogP contribution in [0, 0.1) is 27.1 Å². The Morgan fingerprint density at radius 3 is 1.29 bits per heavy atom. The number of rotatable bonds is 22. The molecule has 402 valence electrons. The molecule has 0 spiro atoms. The summed E-state index contributed by atoms with van der Waals surface area (Å²) in [6, 6.07) is -1.64. The standard InChI is InChI=1S/C11H20O3.2C7H13BO4.2C7H14O5P4/c1-5-8-11(4,9(12)6-2)10(13)14-7-3;2*1-7(3-10)4(2-9)12-6(8)5(7)11;2*1-7(3-16-9)4(2-15-8)10-6(12-14)5(7)11-13/h5,9,12H,1,6-8H2,2-4H3;2*4-6,9-11H,2-3H2,1H3;2*4-6H,2-3,13-14H2,1H3/t9-,11?;;;;/m1..../s1. The van der Waals surface area contributed by atoms with Crippen LogP contribution < -0.4 is 0 Å². The van der Waals surface area contributed by atoms with E-state index in [-0.39, 0.29) is 90.7 Å². The Balaban J connectivity index is 0.000000855. The first-order valence-corrected chi connectivity index (χ1v) is 27.8. The summed E-state index contributed by atoms with van der Waals surface area (Å²) in [5, 5.41) is 64.5. The second kappa shape index (κ2) is 34.6. The monoisotopic (exact) mass is 1150 g/mol. The summed E-state index contributed by atoms with van der Waals surface area (Å²) in [4.78, 5) is 11.6. The molecule has 0 saturated carbocycles. The first-order chi connectivity index (χ1) is 32.9. The zero-order valence-electron chi connectivity index (χ0n) is 40.7. The zero-order valence-corrected chi connectivity index (χ0v) is 48.9. The van der Waals surface area contributed by atoms with Gasteiger partial charge in [-0.2, -0.15) is 0 Å². The van der Waals surface area contributed by atoms with Crippen molar-refractivity contribution in [2.45, 2.75) is 141 Å². The molecule has 4 heterocycles. The van der Waals surface area contributed by atoms with Crippen LogP contribution in [-0.4, -0.2) is 195 Å².